The molecule has 0 bridgehead atoms. The zero-order valence-corrected chi connectivity index (χ0v) is 13.6. The van der Waals surface area contributed by atoms with Crippen molar-refractivity contribution < 1.29 is 9.47 Å². The minimum atomic E-state index is -0.110. The summed E-state index contributed by atoms with van der Waals surface area (Å²) in [5.41, 5.74) is 1.34. The molecular weight excluding hydrogens is 260 g/mol. The highest BCUT2D eigenvalue weighted by atomic mass is 16.7. The van der Waals surface area contributed by atoms with Crippen LogP contribution in [0, 0.1) is 5.92 Å². The van der Waals surface area contributed by atoms with Gasteiger partial charge in [-0.25, -0.2) is 0 Å². The summed E-state index contributed by atoms with van der Waals surface area (Å²) in [5, 5.41) is 0. The Labute approximate surface area is 129 Å². The van der Waals surface area contributed by atoms with Crippen LogP contribution < -0.4 is 4.74 Å². The maximum Gasteiger partial charge on any atom is 0.199 e. The van der Waals surface area contributed by atoms with E-state index in [1.54, 1.807) is 0 Å². The van der Waals surface area contributed by atoms with Gasteiger partial charge in [-0.15, -0.1) is 0 Å². The van der Waals surface area contributed by atoms with Crippen LogP contribution in [0.25, 0.3) is 0 Å². The Morgan fingerprint density at radius 1 is 1.05 bits per heavy atom. The first-order valence-electron chi connectivity index (χ1n) is 8.69. The van der Waals surface area contributed by atoms with Crippen molar-refractivity contribution in [2.75, 3.05) is 6.61 Å². The fraction of sp³-hybridized carbons (Fsp3) is 0.684. The molecule has 0 aromatic heterocycles. The molecule has 0 heterocycles. The van der Waals surface area contributed by atoms with Crippen molar-refractivity contribution >= 4 is 0 Å². The summed E-state index contributed by atoms with van der Waals surface area (Å²) in [6.45, 7) is 5.11. The van der Waals surface area contributed by atoms with Crippen molar-refractivity contribution in [3.05, 3.63) is 29.8 Å². The van der Waals surface area contributed by atoms with E-state index >= 15 is 0 Å². The van der Waals surface area contributed by atoms with Gasteiger partial charge >= 0.3 is 0 Å². The topological polar surface area (TPSA) is 18.5 Å². The highest BCUT2D eigenvalue weighted by molar-refractivity contribution is 5.27. The van der Waals surface area contributed by atoms with E-state index in [0.29, 0.717) is 0 Å². The molecule has 1 saturated carbocycles. The standard InChI is InChI=1S/C19H30O2/c1-3-16-10-12-18(13-11-16)21-19(4-2)20-15-14-17-8-6-5-7-9-17/h10-13,17,19H,3-9,14-15H2,1-2H3. The normalized spacial score (nSPS) is 17.6. The molecule has 0 radical (unpaired) electrons. The summed E-state index contributed by atoms with van der Waals surface area (Å²) < 4.78 is 11.9. The second-order valence-corrected chi connectivity index (χ2v) is 6.12. The number of rotatable bonds is 8. The lowest BCUT2D eigenvalue weighted by Gasteiger charge is -2.23. The Balaban J connectivity index is 1.71. The molecule has 1 aliphatic rings. The van der Waals surface area contributed by atoms with Crippen molar-refractivity contribution in [1.29, 1.82) is 0 Å². The molecule has 0 aliphatic heterocycles. The van der Waals surface area contributed by atoms with Crippen LogP contribution in [0.5, 0.6) is 5.75 Å². The van der Waals surface area contributed by atoms with Crippen molar-refractivity contribution in [1.82, 2.24) is 0 Å². The molecule has 1 atom stereocenters. The maximum absolute atomic E-state index is 5.93. The average Bonchev–Trinajstić information content (AvgIpc) is 2.55. The zero-order valence-electron chi connectivity index (χ0n) is 13.6. The molecule has 1 aromatic carbocycles. The lowest BCUT2D eigenvalue weighted by atomic mass is 9.87. The molecule has 1 unspecified atom stereocenters. The minimum Gasteiger partial charge on any atom is -0.465 e. The Kier molecular flexibility index (Phi) is 7.08. The van der Waals surface area contributed by atoms with Gasteiger partial charge in [-0.05, 0) is 36.5 Å². The summed E-state index contributed by atoms with van der Waals surface area (Å²) in [6, 6.07) is 8.35. The van der Waals surface area contributed by atoms with E-state index in [-0.39, 0.29) is 6.29 Å². The molecular formula is C19H30O2. The molecule has 1 aromatic rings. The number of benzene rings is 1. The van der Waals surface area contributed by atoms with Crippen molar-refractivity contribution in [2.45, 2.75) is 71.5 Å². The van der Waals surface area contributed by atoms with Crippen LogP contribution in [-0.2, 0) is 11.2 Å². The lowest BCUT2D eigenvalue weighted by Crippen LogP contribution is -2.21. The summed E-state index contributed by atoms with van der Waals surface area (Å²) in [6.07, 6.45) is 10.0. The van der Waals surface area contributed by atoms with E-state index in [9.17, 15) is 0 Å². The quantitative estimate of drug-likeness (QED) is 0.601. The van der Waals surface area contributed by atoms with Crippen LogP contribution in [0.3, 0.4) is 0 Å². The number of hydrogen-bond donors (Lipinski definition) is 0. The molecule has 0 amide bonds. The zero-order chi connectivity index (χ0) is 14.9. The van der Waals surface area contributed by atoms with Gasteiger partial charge in [-0.1, -0.05) is 58.1 Å². The first-order chi connectivity index (χ1) is 10.3. The largest absolute Gasteiger partial charge is 0.465 e. The van der Waals surface area contributed by atoms with E-state index in [0.717, 1.165) is 31.1 Å². The third-order valence-corrected chi connectivity index (χ3v) is 4.49. The van der Waals surface area contributed by atoms with Gasteiger partial charge in [0.15, 0.2) is 6.29 Å². The van der Waals surface area contributed by atoms with Crippen LogP contribution in [-0.4, -0.2) is 12.9 Å². The van der Waals surface area contributed by atoms with E-state index in [1.165, 1.54) is 44.1 Å². The summed E-state index contributed by atoms with van der Waals surface area (Å²) >= 11 is 0. The summed E-state index contributed by atoms with van der Waals surface area (Å²) in [4.78, 5) is 0. The Hall–Kier alpha value is -1.02. The lowest BCUT2D eigenvalue weighted by molar-refractivity contribution is -0.0856. The number of ether oxygens (including phenoxy) is 2. The van der Waals surface area contributed by atoms with Gasteiger partial charge in [-0.3, -0.25) is 0 Å². The third kappa shape index (κ3) is 5.70. The second-order valence-electron chi connectivity index (χ2n) is 6.12. The van der Waals surface area contributed by atoms with Crippen molar-refractivity contribution in [3.63, 3.8) is 0 Å². The van der Waals surface area contributed by atoms with Gasteiger partial charge < -0.3 is 9.47 Å². The minimum absolute atomic E-state index is 0.110. The second kappa shape index (κ2) is 9.09. The van der Waals surface area contributed by atoms with Gasteiger partial charge in [0.05, 0.1) is 6.61 Å². The average molecular weight is 290 g/mol. The fourth-order valence-electron chi connectivity index (χ4n) is 3.03. The molecule has 21 heavy (non-hydrogen) atoms. The molecule has 2 heteroatoms. The van der Waals surface area contributed by atoms with Crippen LogP contribution in [0.4, 0.5) is 0 Å². The Morgan fingerprint density at radius 3 is 2.38 bits per heavy atom. The van der Waals surface area contributed by atoms with Crippen LogP contribution in [0.15, 0.2) is 24.3 Å². The molecule has 2 nitrogen and oxygen atoms in total. The molecule has 0 N–H and O–H groups in total. The van der Waals surface area contributed by atoms with Gasteiger partial charge in [-0.2, -0.15) is 0 Å². The van der Waals surface area contributed by atoms with Crippen molar-refractivity contribution in [3.8, 4) is 5.75 Å². The van der Waals surface area contributed by atoms with Gasteiger partial charge in [0.25, 0.3) is 0 Å². The molecule has 0 saturated heterocycles. The highest BCUT2D eigenvalue weighted by Gasteiger charge is 2.14. The van der Waals surface area contributed by atoms with Gasteiger partial charge in [0.2, 0.25) is 0 Å². The van der Waals surface area contributed by atoms with E-state index in [2.05, 4.69) is 26.0 Å². The van der Waals surface area contributed by atoms with E-state index in [1.807, 2.05) is 12.1 Å². The number of aryl methyl sites for hydroxylation is 1. The van der Waals surface area contributed by atoms with Crippen LogP contribution in [0.2, 0.25) is 0 Å². The Morgan fingerprint density at radius 2 is 1.76 bits per heavy atom. The van der Waals surface area contributed by atoms with Crippen LogP contribution in [0.1, 0.15) is 64.4 Å². The molecule has 1 aliphatic carbocycles. The number of hydrogen-bond acceptors (Lipinski definition) is 2. The predicted octanol–water partition coefficient (Wildman–Crippen LogP) is 5.35. The summed E-state index contributed by atoms with van der Waals surface area (Å²) in [7, 11) is 0. The first-order valence-corrected chi connectivity index (χ1v) is 8.69. The van der Waals surface area contributed by atoms with Crippen LogP contribution >= 0.6 is 0 Å². The van der Waals surface area contributed by atoms with Gasteiger partial charge in [0.1, 0.15) is 5.75 Å². The fourth-order valence-corrected chi connectivity index (χ4v) is 3.03. The first kappa shape index (κ1) is 16.4. The SMILES string of the molecule is CCc1ccc(OC(CC)OCCC2CCCCC2)cc1. The maximum atomic E-state index is 5.93. The predicted molar refractivity (Wildman–Crippen MR) is 87.7 cm³/mol. The smallest absolute Gasteiger partial charge is 0.199 e. The van der Waals surface area contributed by atoms with E-state index in [4.69, 9.17) is 9.47 Å². The summed E-state index contributed by atoms with van der Waals surface area (Å²) in [5.74, 6) is 1.79. The highest BCUT2D eigenvalue weighted by Crippen LogP contribution is 2.26. The monoisotopic (exact) mass is 290 g/mol. The molecule has 1 fully saturated rings. The van der Waals surface area contributed by atoms with E-state index < -0.39 is 0 Å². The van der Waals surface area contributed by atoms with Gasteiger partial charge in [0, 0.05) is 6.42 Å². The Bertz CT molecular complexity index is 379. The third-order valence-electron chi connectivity index (χ3n) is 4.49. The van der Waals surface area contributed by atoms with Crippen molar-refractivity contribution in [2.24, 2.45) is 5.92 Å². The molecule has 0 spiro atoms. The molecule has 118 valence electrons. The molecule has 2 rings (SSSR count).